The van der Waals surface area contributed by atoms with Gasteiger partial charge >= 0.3 is 5.91 Å². The van der Waals surface area contributed by atoms with Crippen molar-refractivity contribution in [1.29, 1.82) is 0 Å². The number of nitrogens with zero attached hydrogens (tertiary/aromatic N) is 2. The molecule has 2 N–H and O–H groups in total. The van der Waals surface area contributed by atoms with Gasteiger partial charge in [-0.3, -0.25) is 25.0 Å². The van der Waals surface area contributed by atoms with Gasteiger partial charge in [0.15, 0.2) is 10.9 Å². The van der Waals surface area contributed by atoms with Crippen molar-refractivity contribution in [2.45, 2.75) is 5.16 Å². The number of benzene rings is 1. The van der Waals surface area contributed by atoms with Crippen LogP contribution in [0.2, 0.25) is 0 Å². The van der Waals surface area contributed by atoms with E-state index in [9.17, 15) is 14.0 Å². The molecular weight excluding hydrogens is 347 g/mol. The van der Waals surface area contributed by atoms with Gasteiger partial charge in [-0.15, -0.1) is 0 Å². The van der Waals surface area contributed by atoms with Crippen LogP contribution in [0.4, 0.5) is 4.39 Å². The number of rotatable bonds is 4. The molecule has 0 aliphatic rings. The number of hydrogen-bond donors (Lipinski definition) is 2. The Balaban J connectivity index is 1.82. The lowest BCUT2D eigenvalue weighted by atomic mass is 10.3. The van der Waals surface area contributed by atoms with Gasteiger partial charge in [0, 0.05) is 5.69 Å². The molecule has 0 unspecified atom stereocenters. The van der Waals surface area contributed by atoms with E-state index in [1.165, 1.54) is 54.6 Å². The molecule has 0 fully saturated rings. The van der Waals surface area contributed by atoms with E-state index in [1.54, 1.807) is 10.6 Å². The van der Waals surface area contributed by atoms with Crippen LogP contribution in [-0.2, 0) is 0 Å². The molecule has 3 rings (SSSR count). The highest BCUT2D eigenvalue weighted by Gasteiger charge is 2.19. The first-order valence-corrected chi connectivity index (χ1v) is 8.34. The fourth-order valence-corrected chi connectivity index (χ4v) is 2.67. The molecule has 0 saturated carbocycles. The number of imidazole rings is 1. The van der Waals surface area contributed by atoms with Crippen molar-refractivity contribution in [3.8, 4) is 5.69 Å². The first kappa shape index (κ1) is 16.8. The van der Waals surface area contributed by atoms with Crippen LogP contribution in [-0.4, -0.2) is 27.6 Å². The predicted octanol–water partition coefficient (Wildman–Crippen LogP) is 2.40. The number of hydrazine groups is 1. The summed E-state index contributed by atoms with van der Waals surface area (Å²) in [5.41, 5.74) is 5.33. The van der Waals surface area contributed by atoms with E-state index in [0.717, 1.165) is 0 Å². The smallest absolute Gasteiger partial charge is 0.305 e. The predicted molar refractivity (Wildman–Crippen MR) is 88.9 cm³/mol. The van der Waals surface area contributed by atoms with Crippen molar-refractivity contribution in [3.05, 3.63) is 66.1 Å². The summed E-state index contributed by atoms with van der Waals surface area (Å²) >= 11 is 1.33. The highest BCUT2D eigenvalue weighted by molar-refractivity contribution is 7.98. The molecule has 128 valence electrons. The minimum Gasteiger partial charge on any atom is -0.459 e. The van der Waals surface area contributed by atoms with Crippen LogP contribution >= 0.6 is 11.8 Å². The van der Waals surface area contributed by atoms with E-state index in [2.05, 4.69) is 15.8 Å². The Morgan fingerprint density at radius 1 is 1.16 bits per heavy atom. The summed E-state index contributed by atoms with van der Waals surface area (Å²) in [6.07, 6.45) is 4.54. The second-order valence-corrected chi connectivity index (χ2v) is 5.60. The topological polar surface area (TPSA) is 89.2 Å². The van der Waals surface area contributed by atoms with Crippen LogP contribution in [0, 0.1) is 5.82 Å². The highest BCUT2D eigenvalue weighted by atomic mass is 32.2. The Kier molecular flexibility index (Phi) is 4.85. The van der Waals surface area contributed by atoms with Gasteiger partial charge < -0.3 is 4.42 Å². The van der Waals surface area contributed by atoms with Crippen molar-refractivity contribution in [2.24, 2.45) is 0 Å². The zero-order valence-electron chi connectivity index (χ0n) is 13.0. The lowest BCUT2D eigenvalue weighted by Gasteiger charge is -2.11. The fraction of sp³-hybridized carbons (Fsp3) is 0.0625. The van der Waals surface area contributed by atoms with Gasteiger partial charge in [-0.1, -0.05) is 11.8 Å². The zero-order valence-corrected chi connectivity index (χ0v) is 13.8. The number of hydrogen-bond acceptors (Lipinski definition) is 5. The fourth-order valence-electron chi connectivity index (χ4n) is 2.13. The normalized spacial score (nSPS) is 10.5. The van der Waals surface area contributed by atoms with Gasteiger partial charge in [-0.2, -0.15) is 0 Å². The summed E-state index contributed by atoms with van der Waals surface area (Å²) in [7, 11) is 0. The average molecular weight is 360 g/mol. The quantitative estimate of drug-likeness (QED) is 0.551. The van der Waals surface area contributed by atoms with E-state index < -0.39 is 11.8 Å². The Morgan fingerprint density at radius 3 is 2.52 bits per heavy atom. The summed E-state index contributed by atoms with van der Waals surface area (Å²) in [5.74, 6) is -1.48. The lowest BCUT2D eigenvalue weighted by Crippen LogP contribution is -2.42. The standard InChI is InChI=1S/C16H13FN4O3S/c1-25-16-18-9-12(21(16)11-6-4-10(17)5-7-11)14(22)19-20-15(23)13-3-2-8-24-13/h2-9H,1H3,(H,19,22)(H,20,23). The van der Waals surface area contributed by atoms with Gasteiger partial charge in [0.05, 0.1) is 12.5 Å². The van der Waals surface area contributed by atoms with Gasteiger partial charge in [0.2, 0.25) is 0 Å². The second-order valence-electron chi connectivity index (χ2n) is 4.83. The molecule has 25 heavy (non-hydrogen) atoms. The summed E-state index contributed by atoms with van der Waals surface area (Å²) in [4.78, 5) is 28.4. The summed E-state index contributed by atoms with van der Waals surface area (Å²) in [6, 6.07) is 8.69. The summed E-state index contributed by atoms with van der Waals surface area (Å²) < 4.78 is 19.7. The molecule has 7 nitrogen and oxygen atoms in total. The van der Waals surface area contributed by atoms with Gasteiger partial charge in [0.25, 0.3) is 5.91 Å². The van der Waals surface area contributed by atoms with Crippen molar-refractivity contribution < 1.29 is 18.4 Å². The Morgan fingerprint density at radius 2 is 1.88 bits per heavy atom. The zero-order chi connectivity index (χ0) is 17.8. The molecule has 0 bridgehead atoms. The molecule has 0 saturated heterocycles. The summed E-state index contributed by atoms with van der Waals surface area (Å²) in [5, 5.41) is 0.550. The molecule has 0 aliphatic carbocycles. The Hall–Kier alpha value is -3.07. The molecule has 0 spiro atoms. The van der Waals surface area contributed by atoms with Crippen LogP contribution < -0.4 is 10.9 Å². The third-order valence-corrected chi connectivity index (χ3v) is 3.92. The molecule has 2 heterocycles. The van der Waals surface area contributed by atoms with E-state index in [1.807, 2.05) is 6.26 Å². The van der Waals surface area contributed by atoms with E-state index in [0.29, 0.717) is 10.8 Å². The largest absolute Gasteiger partial charge is 0.459 e. The van der Waals surface area contributed by atoms with Crippen molar-refractivity contribution in [1.82, 2.24) is 20.4 Å². The van der Waals surface area contributed by atoms with Gasteiger partial charge in [0.1, 0.15) is 11.5 Å². The Labute approximate surface area is 146 Å². The molecule has 3 aromatic rings. The highest BCUT2D eigenvalue weighted by Crippen LogP contribution is 2.21. The molecule has 0 radical (unpaired) electrons. The number of aromatic nitrogens is 2. The molecule has 1 aromatic carbocycles. The Bertz CT molecular complexity index is 891. The van der Waals surface area contributed by atoms with Crippen molar-refractivity contribution in [2.75, 3.05) is 6.26 Å². The van der Waals surface area contributed by atoms with Gasteiger partial charge in [-0.05, 0) is 42.7 Å². The monoisotopic (exact) mass is 360 g/mol. The SMILES string of the molecule is CSc1ncc(C(=O)NNC(=O)c2ccco2)n1-c1ccc(F)cc1. The number of carbonyl (C=O) groups is 2. The third kappa shape index (κ3) is 3.56. The number of carbonyl (C=O) groups excluding carboxylic acids is 2. The van der Waals surface area contributed by atoms with Crippen LogP contribution in [0.5, 0.6) is 0 Å². The first-order chi connectivity index (χ1) is 12.1. The molecule has 2 aromatic heterocycles. The first-order valence-electron chi connectivity index (χ1n) is 7.12. The van der Waals surface area contributed by atoms with Crippen molar-refractivity contribution in [3.63, 3.8) is 0 Å². The molecule has 2 amide bonds. The number of amides is 2. The lowest BCUT2D eigenvalue weighted by molar-refractivity contribution is 0.0827. The van der Waals surface area contributed by atoms with E-state index in [4.69, 9.17) is 4.42 Å². The molecule has 0 atom stereocenters. The third-order valence-electron chi connectivity index (χ3n) is 3.26. The second kappa shape index (κ2) is 7.22. The van der Waals surface area contributed by atoms with Crippen LogP contribution in [0.25, 0.3) is 5.69 Å². The summed E-state index contributed by atoms with van der Waals surface area (Å²) in [6.45, 7) is 0. The van der Waals surface area contributed by atoms with Crippen LogP contribution in [0.1, 0.15) is 21.0 Å². The number of halogens is 1. The van der Waals surface area contributed by atoms with Crippen LogP contribution in [0.15, 0.2) is 58.4 Å². The van der Waals surface area contributed by atoms with Gasteiger partial charge in [-0.25, -0.2) is 9.37 Å². The maximum Gasteiger partial charge on any atom is 0.305 e. The average Bonchev–Trinajstić information content (AvgIpc) is 3.29. The maximum atomic E-state index is 13.1. The van der Waals surface area contributed by atoms with E-state index >= 15 is 0 Å². The maximum absolute atomic E-state index is 13.1. The number of nitrogens with one attached hydrogen (secondary N) is 2. The molecule has 9 heteroatoms. The minimum atomic E-state index is -0.587. The van der Waals surface area contributed by atoms with E-state index in [-0.39, 0.29) is 17.3 Å². The number of thioether (sulfide) groups is 1. The molecule has 0 aliphatic heterocycles. The minimum absolute atomic E-state index is 0.0668. The van der Waals surface area contributed by atoms with Crippen molar-refractivity contribution >= 4 is 23.6 Å². The number of furan rings is 1. The van der Waals surface area contributed by atoms with Crippen LogP contribution in [0.3, 0.4) is 0 Å². The molecular formula is C16H13FN4O3S.